The van der Waals surface area contributed by atoms with E-state index in [0.717, 1.165) is 17.7 Å². The van der Waals surface area contributed by atoms with Gasteiger partial charge < -0.3 is 36.7 Å². The molecule has 1 saturated heterocycles. The van der Waals surface area contributed by atoms with E-state index in [0.29, 0.717) is 30.7 Å². The summed E-state index contributed by atoms with van der Waals surface area (Å²) in [6.07, 6.45) is 1.94. The molecular weight excluding hydrogens is 535 g/mol. The summed E-state index contributed by atoms with van der Waals surface area (Å²) in [6.45, 7) is 1.84. The minimum Gasteiger partial charge on any atom is -0.378 e. The average molecular weight is 565 g/mol. The lowest BCUT2D eigenvalue weighted by molar-refractivity contribution is -0.125. The van der Waals surface area contributed by atoms with Gasteiger partial charge in [-0.1, -0.05) is 0 Å². The first-order valence-corrected chi connectivity index (χ1v) is 13.5. The number of benzene rings is 1. The van der Waals surface area contributed by atoms with Crippen molar-refractivity contribution in [3.63, 3.8) is 0 Å². The maximum Gasteiger partial charge on any atom is 0.332 e. The van der Waals surface area contributed by atoms with Gasteiger partial charge in [0.15, 0.2) is 0 Å². The Bertz CT molecular complexity index is 1510. The van der Waals surface area contributed by atoms with Crippen LogP contribution in [0.2, 0.25) is 0 Å². The smallest absolute Gasteiger partial charge is 0.332 e. The van der Waals surface area contributed by atoms with Gasteiger partial charge in [0.1, 0.15) is 11.7 Å². The number of halogens is 1. The van der Waals surface area contributed by atoms with Crippen LogP contribution in [-0.2, 0) is 26.3 Å². The maximum absolute atomic E-state index is 13.1. The molecule has 0 radical (unpaired) electrons. The number of likely N-dealkylation sites (tertiary alicyclic amines) is 1. The molecule has 210 valence electrons. The minimum atomic E-state index is -4.88. The van der Waals surface area contributed by atoms with E-state index in [1.165, 1.54) is 17.0 Å². The summed E-state index contributed by atoms with van der Waals surface area (Å²) in [5, 5.41) is 6.33. The molecule has 8 N–H and O–H groups in total. The number of aromatic amines is 2. The number of nitrogens with zero attached hydrogens (tertiary/aromatic N) is 2. The number of rotatable bonds is 11. The molecule has 1 fully saturated rings. The van der Waals surface area contributed by atoms with E-state index in [4.69, 9.17) is 16.2 Å². The van der Waals surface area contributed by atoms with Gasteiger partial charge in [-0.15, -0.1) is 3.89 Å². The molecule has 0 spiro atoms. The monoisotopic (exact) mass is 564 g/mol. The summed E-state index contributed by atoms with van der Waals surface area (Å²) in [5.74, 6) is -0.863. The Morgan fingerprint density at radius 2 is 1.92 bits per heavy atom. The Balaban J connectivity index is 1.19. The lowest BCUT2D eigenvalue weighted by atomic mass is 10.1. The highest BCUT2D eigenvalue weighted by Gasteiger charge is 2.38. The molecule has 0 saturated carbocycles. The standard InChI is InChI=1S/C23H29FN8O6S/c24-39(36,37)16-3-1-13(2-4-16)22(35)32-12-15(25)9-17(32)20(33)28-6-8-38-7-5-27-10-14-11-29-19-18(14)21(34)31-23(26)30-19/h1-4,11,15,17,27H,5-10,12,25H2,(H,28,33)(H4,26,29,30,31,34)/t15-,17-/m0/s1. The molecule has 2 amide bonds. The molecular formula is C23H29FN8O6S. The third kappa shape index (κ3) is 6.78. The first-order chi connectivity index (χ1) is 18.5. The SMILES string of the molecule is Nc1nc2[nH]cc(CNCCOCCNC(=O)[C@@H]3C[C@H](N)CN3C(=O)c3ccc(S(=O)(=O)F)cc3)c2c(=O)[nH]1. The van der Waals surface area contributed by atoms with E-state index < -0.39 is 33.1 Å². The van der Waals surface area contributed by atoms with Crippen LogP contribution in [-0.4, -0.2) is 85.0 Å². The van der Waals surface area contributed by atoms with Gasteiger partial charge in [0.05, 0.1) is 23.5 Å². The number of ether oxygens (including phenoxy) is 1. The lowest BCUT2D eigenvalue weighted by Crippen LogP contribution is -2.46. The van der Waals surface area contributed by atoms with E-state index in [9.17, 15) is 26.7 Å². The predicted octanol–water partition coefficient (Wildman–Crippen LogP) is -1.04. The van der Waals surface area contributed by atoms with E-state index in [2.05, 4.69) is 25.6 Å². The number of hydrogen-bond acceptors (Lipinski definition) is 10. The fraction of sp³-hybridized carbons (Fsp3) is 0.391. The summed E-state index contributed by atoms with van der Waals surface area (Å²) in [4.78, 5) is 47.9. The van der Waals surface area contributed by atoms with Crippen LogP contribution in [0.15, 0.2) is 40.2 Å². The van der Waals surface area contributed by atoms with Crippen LogP contribution in [0.3, 0.4) is 0 Å². The van der Waals surface area contributed by atoms with Gasteiger partial charge in [-0.3, -0.25) is 19.4 Å². The Hall–Kier alpha value is -3.86. The highest BCUT2D eigenvalue weighted by Crippen LogP contribution is 2.21. The van der Waals surface area contributed by atoms with Gasteiger partial charge in [-0.2, -0.15) is 13.4 Å². The molecule has 0 aliphatic carbocycles. The molecule has 2 aromatic heterocycles. The molecule has 4 rings (SSSR count). The van der Waals surface area contributed by atoms with Gasteiger partial charge in [0.2, 0.25) is 11.9 Å². The van der Waals surface area contributed by atoms with E-state index in [1.807, 2.05) is 0 Å². The van der Waals surface area contributed by atoms with Gasteiger partial charge >= 0.3 is 10.2 Å². The van der Waals surface area contributed by atoms with Crippen LogP contribution in [0, 0.1) is 0 Å². The third-order valence-corrected chi connectivity index (χ3v) is 7.04. The molecule has 0 unspecified atom stereocenters. The van der Waals surface area contributed by atoms with Crippen LogP contribution in [0.4, 0.5) is 9.83 Å². The molecule has 39 heavy (non-hydrogen) atoms. The second kappa shape index (κ2) is 11.9. The molecule has 14 nitrogen and oxygen atoms in total. The predicted molar refractivity (Wildman–Crippen MR) is 139 cm³/mol. The van der Waals surface area contributed by atoms with Crippen molar-refractivity contribution in [2.75, 3.05) is 38.6 Å². The summed E-state index contributed by atoms with van der Waals surface area (Å²) < 4.78 is 40.7. The Labute approximate surface area is 222 Å². The van der Waals surface area contributed by atoms with Crippen molar-refractivity contribution in [3.8, 4) is 0 Å². The van der Waals surface area contributed by atoms with Crippen LogP contribution in [0.5, 0.6) is 0 Å². The number of fused-ring (bicyclic) bond motifs is 1. The van der Waals surface area contributed by atoms with Crippen LogP contribution < -0.4 is 27.7 Å². The zero-order chi connectivity index (χ0) is 28.2. The number of nitrogen functional groups attached to an aromatic ring is 1. The number of nitrogens with one attached hydrogen (secondary N) is 4. The molecule has 2 atom stereocenters. The molecule has 1 aliphatic heterocycles. The highest BCUT2D eigenvalue weighted by molar-refractivity contribution is 7.86. The normalized spacial score (nSPS) is 17.5. The Morgan fingerprint density at radius 1 is 1.21 bits per heavy atom. The average Bonchev–Trinajstić information content (AvgIpc) is 3.48. The number of carbonyl (C=O) groups is 2. The van der Waals surface area contributed by atoms with Crippen molar-refractivity contribution in [3.05, 3.63) is 51.9 Å². The topological polar surface area (TPSA) is 218 Å². The van der Waals surface area contributed by atoms with E-state index >= 15 is 0 Å². The zero-order valence-electron chi connectivity index (χ0n) is 20.8. The minimum absolute atomic E-state index is 0.0356. The molecule has 16 heteroatoms. The number of nitrogens with two attached hydrogens (primary N) is 2. The van der Waals surface area contributed by atoms with Crippen LogP contribution in [0.25, 0.3) is 11.0 Å². The van der Waals surface area contributed by atoms with Gasteiger partial charge in [0, 0.05) is 44.0 Å². The lowest BCUT2D eigenvalue weighted by Gasteiger charge is -2.24. The maximum atomic E-state index is 13.1. The molecule has 3 heterocycles. The molecule has 0 bridgehead atoms. The number of amides is 2. The van der Waals surface area contributed by atoms with Crippen molar-refractivity contribution >= 4 is 39.0 Å². The first-order valence-electron chi connectivity index (χ1n) is 12.1. The fourth-order valence-electron chi connectivity index (χ4n) is 4.36. The fourth-order valence-corrected chi connectivity index (χ4v) is 4.82. The number of aromatic nitrogens is 3. The summed E-state index contributed by atoms with van der Waals surface area (Å²) >= 11 is 0. The second-order valence-electron chi connectivity index (χ2n) is 9.00. The zero-order valence-corrected chi connectivity index (χ0v) is 21.6. The van der Waals surface area contributed by atoms with Gasteiger partial charge in [0.25, 0.3) is 11.5 Å². The first kappa shape index (κ1) is 28.2. The third-order valence-electron chi connectivity index (χ3n) is 6.21. The van der Waals surface area contributed by atoms with Crippen LogP contribution >= 0.6 is 0 Å². The second-order valence-corrected chi connectivity index (χ2v) is 10.3. The number of H-pyrrole nitrogens is 2. The van der Waals surface area contributed by atoms with Crippen molar-refractivity contribution in [1.29, 1.82) is 0 Å². The Kier molecular flexibility index (Phi) is 8.59. The van der Waals surface area contributed by atoms with Crippen molar-refractivity contribution in [2.24, 2.45) is 5.73 Å². The van der Waals surface area contributed by atoms with Gasteiger partial charge in [-0.05, 0) is 36.2 Å². The van der Waals surface area contributed by atoms with Crippen molar-refractivity contribution < 1.29 is 26.6 Å². The Morgan fingerprint density at radius 3 is 2.64 bits per heavy atom. The van der Waals surface area contributed by atoms with E-state index in [1.54, 1.807) is 6.20 Å². The number of carbonyl (C=O) groups excluding carboxylic acids is 2. The summed E-state index contributed by atoms with van der Waals surface area (Å²) in [6, 6.07) is 3.17. The highest BCUT2D eigenvalue weighted by atomic mass is 32.3. The quantitative estimate of drug-likeness (QED) is 0.123. The molecule has 1 aliphatic rings. The van der Waals surface area contributed by atoms with Crippen LogP contribution in [0.1, 0.15) is 22.3 Å². The largest absolute Gasteiger partial charge is 0.378 e. The number of hydrogen-bond donors (Lipinski definition) is 6. The number of anilines is 1. The van der Waals surface area contributed by atoms with Gasteiger partial charge in [-0.25, -0.2) is 0 Å². The summed E-state index contributed by atoms with van der Waals surface area (Å²) in [5.41, 5.74) is 12.5. The molecule has 1 aromatic carbocycles. The van der Waals surface area contributed by atoms with E-state index in [-0.39, 0.29) is 49.1 Å². The van der Waals surface area contributed by atoms with Crippen molar-refractivity contribution in [1.82, 2.24) is 30.5 Å². The van der Waals surface area contributed by atoms with Crippen molar-refractivity contribution in [2.45, 2.75) is 29.9 Å². The summed E-state index contributed by atoms with van der Waals surface area (Å²) in [7, 11) is -4.88. The molecule has 3 aromatic rings.